The highest BCUT2D eigenvalue weighted by Crippen LogP contribution is 2.10. The Bertz CT molecular complexity index is 687. The van der Waals surface area contributed by atoms with Crippen LogP contribution in [0.1, 0.15) is 41.5 Å². The number of aromatic nitrogens is 4. The number of hydrogen-bond acceptors (Lipinski definition) is 6. The molecule has 1 aromatic carbocycles. The van der Waals surface area contributed by atoms with Crippen molar-refractivity contribution in [1.29, 1.82) is 0 Å². The number of aryl methyl sites for hydroxylation is 1. The molecule has 1 heterocycles. The van der Waals surface area contributed by atoms with Crippen molar-refractivity contribution in [2.45, 2.75) is 38.7 Å². The minimum atomic E-state index is -0.955. The first kappa shape index (κ1) is 17.3. The predicted octanol–water partition coefficient (Wildman–Crippen LogP) is 1.71. The molecule has 0 radical (unpaired) electrons. The first-order chi connectivity index (χ1) is 11.1. The minimum absolute atomic E-state index is 0.0273. The van der Waals surface area contributed by atoms with E-state index < -0.39 is 16.8 Å². The zero-order valence-corrected chi connectivity index (χ0v) is 14.1. The Morgan fingerprint density at radius 2 is 2.22 bits per heavy atom. The predicted molar refractivity (Wildman–Crippen MR) is 86.1 cm³/mol. The Hall–Kier alpha value is -2.09. The standard InChI is InChI=1S/C15H20N4O3S/c1-3-4-8-19-14(16-17-18-19)10-22-15(20)13-7-5-6-12(9-13)11-23(2)21/h5-7,9H,3-4,8,10-11H2,1-2H3. The summed E-state index contributed by atoms with van der Waals surface area (Å²) in [6.45, 7) is 2.81. The summed E-state index contributed by atoms with van der Waals surface area (Å²) in [6, 6.07) is 6.96. The molecular weight excluding hydrogens is 316 g/mol. The van der Waals surface area contributed by atoms with Crippen molar-refractivity contribution in [1.82, 2.24) is 20.2 Å². The summed E-state index contributed by atoms with van der Waals surface area (Å²) in [5, 5.41) is 11.4. The molecule has 0 spiro atoms. The van der Waals surface area contributed by atoms with Crippen molar-refractivity contribution >= 4 is 16.8 Å². The number of hydrogen-bond donors (Lipinski definition) is 0. The summed E-state index contributed by atoms with van der Waals surface area (Å²) in [4.78, 5) is 12.1. The van der Waals surface area contributed by atoms with E-state index in [0.29, 0.717) is 23.7 Å². The first-order valence-electron chi connectivity index (χ1n) is 7.41. The van der Waals surface area contributed by atoms with Crippen molar-refractivity contribution in [2.24, 2.45) is 0 Å². The van der Waals surface area contributed by atoms with Gasteiger partial charge in [0.15, 0.2) is 12.4 Å². The summed E-state index contributed by atoms with van der Waals surface area (Å²) in [5.74, 6) is 0.493. The van der Waals surface area contributed by atoms with Crippen LogP contribution in [0.2, 0.25) is 0 Å². The largest absolute Gasteiger partial charge is 0.454 e. The number of unbranched alkanes of at least 4 members (excludes halogenated alkanes) is 1. The van der Waals surface area contributed by atoms with E-state index in [-0.39, 0.29) is 6.61 Å². The maximum absolute atomic E-state index is 12.1. The summed E-state index contributed by atoms with van der Waals surface area (Å²) in [6.07, 6.45) is 3.62. The second-order valence-electron chi connectivity index (χ2n) is 5.17. The number of carbonyl (C=O) groups excluding carboxylic acids is 1. The smallest absolute Gasteiger partial charge is 0.338 e. The topological polar surface area (TPSA) is 87.0 Å². The average molecular weight is 336 g/mol. The first-order valence-corrected chi connectivity index (χ1v) is 9.14. The molecule has 0 aliphatic rings. The zero-order valence-electron chi connectivity index (χ0n) is 13.3. The van der Waals surface area contributed by atoms with Gasteiger partial charge in [-0.1, -0.05) is 25.5 Å². The van der Waals surface area contributed by atoms with Crippen LogP contribution in [-0.2, 0) is 34.4 Å². The zero-order chi connectivity index (χ0) is 16.7. The molecule has 1 atom stereocenters. The van der Waals surface area contributed by atoms with E-state index in [1.165, 1.54) is 0 Å². The van der Waals surface area contributed by atoms with Crippen molar-refractivity contribution < 1.29 is 13.7 Å². The van der Waals surface area contributed by atoms with Crippen molar-refractivity contribution in [3.8, 4) is 0 Å². The molecular formula is C15H20N4O3S. The van der Waals surface area contributed by atoms with Gasteiger partial charge in [0.05, 0.1) is 5.56 Å². The minimum Gasteiger partial charge on any atom is -0.454 e. The molecule has 0 N–H and O–H groups in total. The van der Waals surface area contributed by atoms with Gasteiger partial charge in [-0.05, 0) is 34.5 Å². The van der Waals surface area contributed by atoms with Crippen LogP contribution in [0.5, 0.6) is 0 Å². The van der Waals surface area contributed by atoms with Gasteiger partial charge in [-0.15, -0.1) is 5.10 Å². The fourth-order valence-electron chi connectivity index (χ4n) is 2.04. The van der Waals surface area contributed by atoms with E-state index >= 15 is 0 Å². The molecule has 8 heteroatoms. The highest BCUT2D eigenvalue weighted by molar-refractivity contribution is 7.83. The average Bonchev–Trinajstić information content (AvgIpc) is 2.97. The second-order valence-corrected chi connectivity index (χ2v) is 6.60. The van der Waals surface area contributed by atoms with Gasteiger partial charge in [-0.25, -0.2) is 9.48 Å². The molecule has 0 bridgehead atoms. The molecule has 0 aliphatic carbocycles. The lowest BCUT2D eigenvalue weighted by molar-refractivity contribution is 0.0456. The Morgan fingerprint density at radius 1 is 1.39 bits per heavy atom. The SMILES string of the molecule is CCCCn1nnnc1COC(=O)c1cccc(CS(C)=O)c1. The highest BCUT2D eigenvalue weighted by Gasteiger charge is 2.12. The van der Waals surface area contributed by atoms with Gasteiger partial charge in [-0.2, -0.15) is 0 Å². The Morgan fingerprint density at radius 3 is 2.96 bits per heavy atom. The van der Waals surface area contributed by atoms with E-state index in [2.05, 4.69) is 22.4 Å². The van der Waals surface area contributed by atoms with E-state index in [1.807, 2.05) is 6.07 Å². The third-order valence-corrected chi connectivity index (χ3v) is 3.93. The normalized spacial score (nSPS) is 12.1. The van der Waals surface area contributed by atoms with E-state index in [4.69, 9.17) is 4.74 Å². The van der Waals surface area contributed by atoms with Crippen molar-refractivity contribution in [3.05, 3.63) is 41.2 Å². The molecule has 2 rings (SSSR count). The lowest BCUT2D eigenvalue weighted by Crippen LogP contribution is -2.11. The summed E-state index contributed by atoms with van der Waals surface area (Å²) in [5.41, 5.74) is 1.27. The van der Waals surface area contributed by atoms with Gasteiger partial charge < -0.3 is 4.74 Å². The lowest BCUT2D eigenvalue weighted by Gasteiger charge is -2.06. The maximum atomic E-state index is 12.1. The second kappa shape index (κ2) is 8.52. The molecule has 124 valence electrons. The molecule has 0 amide bonds. The van der Waals surface area contributed by atoms with E-state index in [1.54, 1.807) is 29.1 Å². The van der Waals surface area contributed by atoms with E-state index in [0.717, 1.165) is 18.4 Å². The molecule has 0 fully saturated rings. The number of benzene rings is 1. The van der Waals surface area contributed by atoms with Gasteiger partial charge in [-0.3, -0.25) is 4.21 Å². The van der Waals surface area contributed by atoms with Crippen LogP contribution >= 0.6 is 0 Å². The molecule has 1 aromatic heterocycles. The van der Waals surface area contributed by atoms with Gasteiger partial charge in [0.25, 0.3) is 0 Å². The van der Waals surface area contributed by atoms with Crippen LogP contribution < -0.4 is 0 Å². The summed E-state index contributed by atoms with van der Waals surface area (Å²) < 4.78 is 18.2. The van der Waals surface area contributed by atoms with Gasteiger partial charge in [0.2, 0.25) is 0 Å². The number of tetrazole rings is 1. The molecule has 23 heavy (non-hydrogen) atoms. The fraction of sp³-hybridized carbons (Fsp3) is 0.467. The maximum Gasteiger partial charge on any atom is 0.338 e. The molecule has 1 unspecified atom stereocenters. The van der Waals surface area contributed by atoms with Crippen LogP contribution in [0.4, 0.5) is 0 Å². The van der Waals surface area contributed by atoms with Crippen LogP contribution in [0, 0.1) is 0 Å². The van der Waals surface area contributed by atoms with Crippen molar-refractivity contribution in [2.75, 3.05) is 6.26 Å². The number of esters is 1. The summed E-state index contributed by atoms with van der Waals surface area (Å²) >= 11 is 0. The van der Waals surface area contributed by atoms with Crippen molar-refractivity contribution in [3.63, 3.8) is 0 Å². The Kier molecular flexibility index (Phi) is 6.40. The Labute approximate surface area is 137 Å². The third-order valence-electron chi connectivity index (χ3n) is 3.19. The van der Waals surface area contributed by atoms with Crippen LogP contribution in [0.15, 0.2) is 24.3 Å². The van der Waals surface area contributed by atoms with Crippen LogP contribution in [0.25, 0.3) is 0 Å². The lowest BCUT2D eigenvalue weighted by atomic mass is 10.1. The molecule has 7 nitrogen and oxygen atoms in total. The number of carbonyl (C=O) groups is 1. The van der Waals surface area contributed by atoms with Crippen LogP contribution in [-0.4, -0.2) is 36.6 Å². The molecule has 0 aliphatic heterocycles. The number of rotatable bonds is 8. The molecule has 2 aromatic rings. The Balaban J connectivity index is 1.97. The number of nitrogens with zero attached hydrogens (tertiary/aromatic N) is 4. The third kappa shape index (κ3) is 5.24. The molecule has 0 saturated heterocycles. The van der Waals surface area contributed by atoms with Crippen LogP contribution in [0.3, 0.4) is 0 Å². The van der Waals surface area contributed by atoms with Gasteiger partial charge >= 0.3 is 5.97 Å². The fourth-order valence-corrected chi connectivity index (χ4v) is 2.69. The highest BCUT2D eigenvalue weighted by atomic mass is 32.2. The monoisotopic (exact) mass is 336 g/mol. The van der Waals surface area contributed by atoms with Gasteiger partial charge in [0, 0.05) is 29.4 Å². The quantitative estimate of drug-likeness (QED) is 0.682. The van der Waals surface area contributed by atoms with Gasteiger partial charge in [0.1, 0.15) is 0 Å². The molecule has 0 saturated carbocycles. The number of ether oxygens (including phenoxy) is 1. The van der Waals surface area contributed by atoms with E-state index in [9.17, 15) is 9.00 Å². The summed E-state index contributed by atoms with van der Waals surface area (Å²) in [7, 11) is -0.955.